The predicted octanol–water partition coefficient (Wildman–Crippen LogP) is 9.46. The van der Waals surface area contributed by atoms with Gasteiger partial charge in [-0.15, -0.1) is 0 Å². The van der Waals surface area contributed by atoms with Crippen molar-refractivity contribution in [2.75, 3.05) is 10.6 Å². The summed E-state index contributed by atoms with van der Waals surface area (Å²) >= 11 is 0. The first-order valence-corrected chi connectivity index (χ1v) is 12.0. The number of alkyl halides is 15. The molecule has 0 fully saturated rings. The van der Waals surface area contributed by atoms with Crippen LogP contribution < -0.4 is 15.4 Å². The van der Waals surface area contributed by atoms with E-state index in [4.69, 9.17) is 0 Å². The summed E-state index contributed by atoms with van der Waals surface area (Å²) < 4.78 is 243. The van der Waals surface area contributed by atoms with Crippen molar-refractivity contribution in [3.63, 3.8) is 0 Å². The van der Waals surface area contributed by atoms with Crippen molar-refractivity contribution in [1.82, 2.24) is 0 Å². The Morgan fingerprint density at radius 2 is 1.02 bits per heavy atom. The number of carbonyl (C=O) groups is 2. The van der Waals surface area contributed by atoms with E-state index in [1.54, 1.807) is 5.32 Å². The fraction of sp³-hybridized carbons (Fsp3) is 0.565. The Kier molecular flexibility index (Phi) is 11.7. The Labute approximate surface area is 251 Å². The maximum atomic E-state index is 14.4. The minimum absolute atomic E-state index is 0.290. The van der Waals surface area contributed by atoms with Crippen LogP contribution in [0.2, 0.25) is 0 Å². The molecule has 2 amide bonds. The zero-order valence-electron chi connectivity index (χ0n) is 23.4. The summed E-state index contributed by atoms with van der Waals surface area (Å²) in [4.78, 5) is 23.6. The highest BCUT2D eigenvalue weighted by Crippen LogP contribution is 2.63. The molecule has 1 rings (SSSR count). The molecule has 0 spiro atoms. The molecule has 1 aromatic carbocycles. The van der Waals surface area contributed by atoms with E-state index in [2.05, 4.69) is 14.2 Å². The third-order valence-electron chi connectivity index (χ3n) is 5.13. The third kappa shape index (κ3) is 7.81. The molecule has 0 radical (unpaired) electrons. The van der Waals surface area contributed by atoms with Gasteiger partial charge in [-0.2, -0.15) is 74.6 Å². The van der Waals surface area contributed by atoms with Crippen molar-refractivity contribution in [2.45, 2.75) is 81.6 Å². The Hall–Kier alpha value is -3.89. The number of allylic oxidation sites excluding steroid dienone is 1. The van der Waals surface area contributed by atoms with E-state index in [1.165, 1.54) is 27.7 Å². The van der Waals surface area contributed by atoms with Gasteiger partial charge in [0.15, 0.2) is 5.75 Å². The molecule has 0 atom stereocenters. The number of anilines is 2. The van der Waals surface area contributed by atoms with Crippen molar-refractivity contribution in [2.24, 2.45) is 0 Å². The first kappa shape index (κ1) is 41.1. The van der Waals surface area contributed by atoms with Crippen molar-refractivity contribution >= 4 is 23.6 Å². The molecule has 24 heteroatoms. The lowest BCUT2D eigenvalue weighted by Crippen LogP contribution is -2.72. The van der Waals surface area contributed by atoms with E-state index in [1.807, 2.05) is 5.32 Å². The van der Waals surface area contributed by atoms with E-state index in [-0.39, 0.29) is 6.07 Å². The van der Waals surface area contributed by atoms with Crippen LogP contribution in [-0.2, 0) is 9.47 Å². The normalized spacial score (nSPS) is 14.5. The zero-order chi connectivity index (χ0) is 37.4. The molecule has 47 heavy (non-hydrogen) atoms. The summed E-state index contributed by atoms with van der Waals surface area (Å²) in [5, 5.41) is 3.59. The SMILES string of the molecule is CC(C)OC(=O)Nc1ccc(NC(=O)OC(C)C)c(OC(F)=C(F)C(F)(F)C(F)(F)C(F)(F)C(F)(F)C(F)(F)C(F)(F)C(F)(F)F)c1. The van der Waals surface area contributed by atoms with Crippen LogP contribution in [0.1, 0.15) is 27.7 Å². The number of halogens is 17. The summed E-state index contributed by atoms with van der Waals surface area (Å²) in [5.41, 5.74) is -1.58. The van der Waals surface area contributed by atoms with Gasteiger partial charge in [0.05, 0.1) is 17.9 Å². The van der Waals surface area contributed by atoms with E-state index in [9.17, 15) is 84.2 Å². The number of rotatable bonds is 12. The standard InChI is InChI=1S/C23H19F17N2O5/c1-8(2)45-15(43)41-10-5-6-11(42-16(44)46-9(3)4)12(7-10)47-14(25)13(24)17(26,27)18(28,29)19(30,31)20(32,33)21(34,35)22(36,37)23(38,39)40/h5-9H,1-4H3,(H,41,43)(H,42,44). The van der Waals surface area contributed by atoms with Gasteiger partial charge in [0.2, 0.25) is 5.83 Å². The Morgan fingerprint density at radius 1 is 0.617 bits per heavy atom. The lowest BCUT2D eigenvalue weighted by molar-refractivity contribution is -0.451. The van der Waals surface area contributed by atoms with Gasteiger partial charge in [-0.3, -0.25) is 10.6 Å². The number of benzene rings is 1. The first-order chi connectivity index (χ1) is 20.8. The summed E-state index contributed by atoms with van der Waals surface area (Å²) in [6.07, 6.45) is -12.3. The van der Waals surface area contributed by atoms with Gasteiger partial charge in [-0.1, -0.05) is 0 Å². The molecule has 0 saturated carbocycles. The molecule has 1 aromatic rings. The fourth-order valence-corrected chi connectivity index (χ4v) is 2.87. The van der Waals surface area contributed by atoms with Crippen molar-refractivity contribution in [1.29, 1.82) is 0 Å². The van der Waals surface area contributed by atoms with Crippen LogP contribution >= 0.6 is 0 Å². The van der Waals surface area contributed by atoms with Gasteiger partial charge in [0.25, 0.3) is 0 Å². The highest BCUT2D eigenvalue weighted by molar-refractivity contribution is 5.89. The highest BCUT2D eigenvalue weighted by Gasteiger charge is 2.93. The van der Waals surface area contributed by atoms with Crippen LogP contribution in [0, 0.1) is 0 Å². The van der Waals surface area contributed by atoms with Crippen molar-refractivity contribution in [3.8, 4) is 5.75 Å². The fourth-order valence-electron chi connectivity index (χ4n) is 2.87. The second kappa shape index (κ2) is 13.3. The summed E-state index contributed by atoms with van der Waals surface area (Å²) in [7, 11) is 0. The van der Waals surface area contributed by atoms with Crippen LogP contribution in [0.15, 0.2) is 30.0 Å². The second-order valence-corrected chi connectivity index (χ2v) is 9.50. The molecule has 0 aromatic heterocycles. The minimum Gasteiger partial charge on any atom is -0.447 e. The van der Waals surface area contributed by atoms with Crippen LogP contribution in [0.5, 0.6) is 5.75 Å². The molecule has 0 heterocycles. The number of amides is 2. The Morgan fingerprint density at radius 3 is 1.45 bits per heavy atom. The molecule has 270 valence electrons. The molecule has 7 nitrogen and oxygen atoms in total. The average Bonchev–Trinajstić information content (AvgIpc) is 2.87. The van der Waals surface area contributed by atoms with Gasteiger partial charge in [-0.05, 0) is 39.8 Å². The molecular weight excluding hydrogens is 707 g/mol. The molecule has 0 bridgehead atoms. The van der Waals surface area contributed by atoms with E-state index in [0.29, 0.717) is 6.07 Å². The molecule has 0 aliphatic carbocycles. The van der Waals surface area contributed by atoms with Gasteiger partial charge in [-0.25, -0.2) is 9.59 Å². The maximum Gasteiger partial charge on any atom is 0.460 e. The monoisotopic (exact) mass is 726 g/mol. The highest BCUT2D eigenvalue weighted by atomic mass is 19.4. The smallest absolute Gasteiger partial charge is 0.447 e. The van der Waals surface area contributed by atoms with E-state index >= 15 is 0 Å². The Bertz CT molecular complexity index is 1340. The third-order valence-corrected chi connectivity index (χ3v) is 5.13. The number of hydrogen-bond acceptors (Lipinski definition) is 5. The Balaban J connectivity index is 3.72. The van der Waals surface area contributed by atoms with Crippen LogP contribution in [0.25, 0.3) is 0 Å². The summed E-state index contributed by atoms with van der Waals surface area (Å²) in [6.45, 7) is 5.21. The van der Waals surface area contributed by atoms with Gasteiger partial charge >= 0.3 is 59.9 Å². The molecule has 0 saturated heterocycles. The first-order valence-electron chi connectivity index (χ1n) is 12.0. The van der Waals surface area contributed by atoms with E-state index < -0.39 is 95.1 Å². The van der Waals surface area contributed by atoms with Crippen molar-refractivity contribution < 1.29 is 98.4 Å². The van der Waals surface area contributed by atoms with Crippen molar-refractivity contribution in [3.05, 3.63) is 30.0 Å². The lowest BCUT2D eigenvalue weighted by atomic mass is 9.91. The van der Waals surface area contributed by atoms with E-state index in [0.717, 1.165) is 6.07 Å². The molecule has 0 aliphatic rings. The molecule has 2 N–H and O–H groups in total. The van der Waals surface area contributed by atoms with Gasteiger partial charge in [0, 0.05) is 11.8 Å². The topological polar surface area (TPSA) is 85.9 Å². The summed E-state index contributed by atoms with van der Waals surface area (Å²) in [5.74, 6) is -56.7. The van der Waals surface area contributed by atoms with Crippen LogP contribution in [0.4, 0.5) is 95.6 Å². The minimum atomic E-state index is -8.75. The molecule has 0 aliphatic heterocycles. The van der Waals surface area contributed by atoms with Gasteiger partial charge in [0.1, 0.15) is 0 Å². The zero-order valence-corrected chi connectivity index (χ0v) is 23.4. The number of ether oxygens (including phenoxy) is 3. The number of hydrogen-bond donors (Lipinski definition) is 2. The molecule has 0 unspecified atom stereocenters. The largest absolute Gasteiger partial charge is 0.460 e. The van der Waals surface area contributed by atoms with Crippen LogP contribution in [-0.4, -0.2) is 66.1 Å². The number of nitrogens with one attached hydrogen (secondary N) is 2. The number of carbonyl (C=O) groups excluding carboxylic acids is 2. The average molecular weight is 726 g/mol. The van der Waals surface area contributed by atoms with Crippen LogP contribution in [0.3, 0.4) is 0 Å². The predicted molar refractivity (Wildman–Crippen MR) is 123 cm³/mol. The quantitative estimate of drug-likeness (QED) is 0.166. The lowest BCUT2D eigenvalue weighted by Gasteiger charge is -2.41. The second-order valence-electron chi connectivity index (χ2n) is 9.50. The van der Waals surface area contributed by atoms with Gasteiger partial charge < -0.3 is 14.2 Å². The summed E-state index contributed by atoms with van der Waals surface area (Å²) in [6, 6.07) is -2.08. The molecular formula is C23H19F17N2O5. The maximum absolute atomic E-state index is 14.4.